The summed E-state index contributed by atoms with van der Waals surface area (Å²) < 4.78 is 0. The quantitative estimate of drug-likeness (QED) is 0.370. The number of nitrogen functional groups attached to an aromatic ring is 2. The Morgan fingerprint density at radius 3 is 2.10 bits per heavy atom. The van der Waals surface area contributed by atoms with Crippen LogP contribution in [0.3, 0.4) is 0 Å². The molecule has 1 aliphatic rings. The van der Waals surface area contributed by atoms with E-state index in [9.17, 15) is 19.8 Å². The maximum atomic E-state index is 12.5. The van der Waals surface area contributed by atoms with Crippen LogP contribution in [0.15, 0.2) is 18.2 Å². The fourth-order valence-electron chi connectivity index (χ4n) is 2.46. The molecule has 0 aliphatic heterocycles. The van der Waals surface area contributed by atoms with Crippen molar-refractivity contribution in [3.05, 3.63) is 45.5 Å². The molecular weight excluding hydrogens is 296 g/mol. The normalized spacial score (nSPS) is 13.0. The number of carbonyl (C=O) groups is 2. The van der Waals surface area contributed by atoms with Crippen molar-refractivity contribution in [3.8, 4) is 11.5 Å². The Hall–Kier alpha value is -2.73. The molecule has 0 saturated heterocycles. The van der Waals surface area contributed by atoms with Gasteiger partial charge in [-0.15, -0.1) is 0 Å². The Morgan fingerprint density at radius 2 is 1.43 bits per heavy atom. The van der Waals surface area contributed by atoms with Gasteiger partial charge in [0, 0.05) is 11.4 Å². The molecule has 2 aromatic rings. The van der Waals surface area contributed by atoms with Gasteiger partial charge in [0.15, 0.2) is 0 Å². The first-order chi connectivity index (χ1) is 9.84. The van der Waals surface area contributed by atoms with Crippen LogP contribution in [-0.4, -0.2) is 21.8 Å². The van der Waals surface area contributed by atoms with Crippen LogP contribution < -0.4 is 11.5 Å². The van der Waals surface area contributed by atoms with E-state index in [-0.39, 0.29) is 44.4 Å². The molecule has 0 amide bonds. The van der Waals surface area contributed by atoms with Crippen molar-refractivity contribution in [1.29, 1.82) is 0 Å². The molecule has 0 atom stereocenters. The molecule has 0 bridgehead atoms. The molecule has 0 heterocycles. The first kappa shape index (κ1) is 13.3. The van der Waals surface area contributed by atoms with Crippen LogP contribution in [0.1, 0.15) is 31.8 Å². The van der Waals surface area contributed by atoms with E-state index in [1.165, 1.54) is 18.2 Å². The highest BCUT2D eigenvalue weighted by molar-refractivity contribution is 6.37. The molecule has 106 valence electrons. The second-order valence-electron chi connectivity index (χ2n) is 4.63. The number of fused-ring (bicyclic) bond motifs is 2. The number of hydrogen-bond donors (Lipinski definition) is 4. The van der Waals surface area contributed by atoms with Crippen LogP contribution in [0.4, 0.5) is 11.4 Å². The first-order valence-corrected chi connectivity index (χ1v) is 6.24. The van der Waals surface area contributed by atoms with Crippen LogP contribution in [-0.2, 0) is 0 Å². The number of phenolic OH excluding ortho intramolecular Hbond substituents is 2. The van der Waals surface area contributed by atoms with Crippen LogP contribution in [0, 0.1) is 0 Å². The van der Waals surface area contributed by atoms with Gasteiger partial charge in [-0.05, 0) is 18.2 Å². The Morgan fingerprint density at radius 1 is 0.857 bits per heavy atom. The van der Waals surface area contributed by atoms with Gasteiger partial charge in [-0.3, -0.25) is 9.59 Å². The minimum absolute atomic E-state index is 0.0183. The minimum Gasteiger partial charge on any atom is -0.507 e. The monoisotopic (exact) mass is 304 g/mol. The molecular formula is C14H9ClN2O4. The van der Waals surface area contributed by atoms with Crippen molar-refractivity contribution in [3.63, 3.8) is 0 Å². The van der Waals surface area contributed by atoms with Crippen molar-refractivity contribution in [2.45, 2.75) is 0 Å². The molecule has 21 heavy (non-hydrogen) atoms. The van der Waals surface area contributed by atoms with Gasteiger partial charge in [-0.1, -0.05) is 11.6 Å². The third-order valence-corrected chi connectivity index (χ3v) is 3.70. The first-order valence-electron chi connectivity index (χ1n) is 5.86. The van der Waals surface area contributed by atoms with Gasteiger partial charge in [0.2, 0.25) is 11.6 Å². The Balaban J connectivity index is 2.47. The molecule has 0 aromatic heterocycles. The zero-order chi connectivity index (χ0) is 15.5. The van der Waals surface area contributed by atoms with Crippen LogP contribution in [0.5, 0.6) is 11.5 Å². The summed E-state index contributed by atoms with van der Waals surface area (Å²) in [6.45, 7) is 0. The van der Waals surface area contributed by atoms with Crippen LogP contribution in [0.25, 0.3) is 0 Å². The van der Waals surface area contributed by atoms with E-state index in [1.807, 2.05) is 0 Å². The molecule has 0 radical (unpaired) electrons. The summed E-state index contributed by atoms with van der Waals surface area (Å²) in [7, 11) is 0. The van der Waals surface area contributed by atoms with E-state index in [4.69, 9.17) is 23.1 Å². The van der Waals surface area contributed by atoms with Crippen LogP contribution in [0.2, 0.25) is 5.02 Å². The van der Waals surface area contributed by atoms with E-state index in [1.54, 1.807) is 0 Å². The molecule has 3 rings (SSSR count). The van der Waals surface area contributed by atoms with Crippen molar-refractivity contribution >= 4 is 34.5 Å². The second-order valence-corrected chi connectivity index (χ2v) is 5.04. The summed E-state index contributed by atoms with van der Waals surface area (Å²) in [5.74, 6) is -2.31. The van der Waals surface area contributed by atoms with Gasteiger partial charge in [-0.2, -0.15) is 0 Å². The SMILES string of the molecule is Nc1ccc(O)c2c1C(=O)c1c(O)c(Cl)cc(N)c1C2=O. The van der Waals surface area contributed by atoms with Crippen molar-refractivity contribution in [2.75, 3.05) is 11.5 Å². The smallest absolute Gasteiger partial charge is 0.200 e. The van der Waals surface area contributed by atoms with Gasteiger partial charge in [-0.25, -0.2) is 0 Å². The number of anilines is 2. The molecule has 0 saturated carbocycles. The molecule has 7 heteroatoms. The van der Waals surface area contributed by atoms with Gasteiger partial charge in [0.1, 0.15) is 11.5 Å². The van der Waals surface area contributed by atoms with Crippen molar-refractivity contribution < 1.29 is 19.8 Å². The summed E-state index contributed by atoms with van der Waals surface area (Å²) in [4.78, 5) is 25.0. The fraction of sp³-hybridized carbons (Fsp3) is 0. The fourth-order valence-corrected chi connectivity index (χ4v) is 2.67. The maximum absolute atomic E-state index is 12.5. The van der Waals surface area contributed by atoms with Gasteiger partial charge >= 0.3 is 0 Å². The molecule has 0 unspecified atom stereocenters. The number of carbonyl (C=O) groups excluding carboxylic acids is 2. The van der Waals surface area contributed by atoms with E-state index in [0.29, 0.717) is 0 Å². The molecule has 0 fully saturated rings. The lowest BCUT2D eigenvalue weighted by atomic mass is 9.81. The maximum Gasteiger partial charge on any atom is 0.200 e. The van der Waals surface area contributed by atoms with Crippen LogP contribution >= 0.6 is 11.6 Å². The predicted octanol–water partition coefficient (Wildman–Crippen LogP) is 1.69. The lowest BCUT2D eigenvalue weighted by Gasteiger charge is -2.22. The predicted molar refractivity (Wildman–Crippen MR) is 76.9 cm³/mol. The number of rotatable bonds is 0. The molecule has 2 aromatic carbocycles. The summed E-state index contributed by atoms with van der Waals surface area (Å²) in [5.41, 5.74) is 10.5. The third-order valence-electron chi connectivity index (χ3n) is 3.41. The number of halogens is 1. The Bertz CT molecular complexity index is 846. The number of phenols is 2. The number of ketones is 2. The zero-order valence-corrected chi connectivity index (χ0v) is 11.2. The topological polar surface area (TPSA) is 127 Å². The Labute approximate surface area is 123 Å². The molecule has 6 nitrogen and oxygen atoms in total. The average Bonchev–Trinajstić information content (AvgIpc) is 2.42. The van der Waals surface area contributed by atoms with Crippen molar-refractivity contribution in [2.24, 2.45) is 0 Å². The zero-order valence-electron chi connectivity index (χ0n) is 10.5. The molecule has 6 N–H and O–H groups in total. The van der Waals surface area contributed by atoms with Crippen molar-refractivity contribution in [1.82, 2.24) is 0 Å². The number of hydrogen-bond acceptors (Lipinski definition) is 6. The van der Waals surface area contributed by atoms with Gasteiger partial charge in [0.05, 0.1) is 27.3 Å². The van der Waals surface area contributed by atoms with Gasteiger partial charge < -0.3 is 21.7 Å². The summed E-state index contributed by atoms with van der Waals surface area (Å²) in [6.07, 6.45) is 0. The van der Waals surface area contributed by atoms with E-state index >= 15 is 0 Å². The molecule has 1 aliphatic carbocycles. The summed E-state index contributed by atoms with van der Waals surface area (Å²) in [5, 5.41) is 19.7. The van der Waals surface area contributed by atoms with E-state index in [0.717, 1.165) is 0 Å². The largest absolute Gasteiger partial charge is 0.507 e. The lowest BCUT2D eigenvalue weighted by molar-refractivity contribution is 0.0975. The highest BCUT2D eigenvalue weighted by Crippen LogP contribution is 2.43. The minimum atomic E-state index is -0.709. The summed E-state index contributed by atoms with van der Waals surface area (Å²) in [6, 6.07) is 3.70. The lowest BCUT2D eigenvalue weighted by Crippen LogP contribution is -2.24. The second kappa shape index (κ2) is 4.13. The number of aromatic hydroxyl groups is 2. The number of benzene rings is 2. The average molecular weight is 305 g/mol. The number of nitrogens with two attached hydrogens (primary N) is 2. The summed E-state index contributed by atoms with van der Waals surface area (Å²) >= 11 is 5.79. The van der Waals surface area contributed by atoms with E-state index in [2.05, 4.69) is 0 Å². The third kappa shape index (κ3) is 1.59. The van der Waals surface area contributed by atoms with E-state index < -0.39 is 17.3 Å². The molecule has 0 spiro atoms. The van der Waals surface area contributed by atoms with Gasteiger partial charge in [0.25, 0.3) is 0 Å². The standard InChI is InChI=1S/C14H9ClN2O4/c15-4-3-6(17)9-11(12(4)19)14(21)8-5(16)1-2-7(18)10(8)13(9)20/h1-3,18-19H,16-17H2. The Kier molecular flexibility index (Phi) is 2.61. The highest BCUT2D eigenvalue weighted by atomic mass is 35.5. The highest BCUT2D eigenvalue weighted by Gasteiger charge is 2.37.